The van der Waals surface area contributed by atoms with Crippen molar-refractivity contribution >= 4 is 17.3 Å². The zero-order valence-corrected chi connectivity index (χ0v) is 15.4. The molecule has 3 N–H and O–H groups in total. The van der Waals surface area contributed by atoms with Gasteiger partial charge in [-0.25, -0.2) is 0 Å². The molecular weight excluding hydrogens is 377 g/mol. The molecule has 10 heteroatoms. The number of hydrogen-bond acceptors (Lipinski definition) is 4. The summed E-state index contributed by atoms with van der Waals surface area (Å²) in [6, 6.07) is 2.57. The van der Waals surface area contributed by atoms with Crippen molar-refractivity contribution in [3.05, 3.63) is 33.9 Å². The topological polar surface area (TPSA) is 93.9 Å². The largest absolute Gasteiger partial charge is 0.416 e. The predicted molar refractivity (Wildman–Crippen MR) is 96.0 cm³/mol. The van der Waals surface area contributed by atoms with Gasteiger partial charge < -0.3 is 15.5 Å². The average molecular weight is 401 g/mol. The first-order chi connectivity index (χ1) is 13.1. The van der Waals surface area contributed by atoms with Crippen molar-refractivity contribution in [2.45, 2.75) is 43.8 Å². The summed E-state index contributed by atoms with van der Waals surface area (Å²) in [6.45, 7) is 2.39. The molecular formula is C18H24F3N4O3+. The lowest BCUT2D eigenvalue weighted by Crippen LogP contribution is -3.22. The molecule has 7 nitrogen and oxygen atoms in total. The van der Waals surface area contributed by atoms with Crippen molar-refractivity contribution in [3.63, 3.8) is 0 Å². The molecule has 1 amide bonds. The summed E-state index contributed by atoms with van der Waals surface area (Å²) in [5.74, 6) is -0.369. The number of primary amides is 1. The van der Waals surface area contributed by atoms with Gasteiger partial charge in [-0.15, -0.1) is 0 Å². The zero-order chi connectivity index (χ0) is 20.5. The Morgan fingerprint density at radius 2 is 1.79 bits per heavy atom. The van der Waals surface area contributed by atoms with Crippen LogP contribution in [-0.2, 0) is 11.0 Å². The number of nitrogens with zero attached hydrogens (tertiary/aromatic N) is 2. The molecule has 0 spiro atoms. The first kappa shape index (κ1) is 20.4. The molecule has 2 aliphatic heterocycles. The molecule has 1 aromatic carbocycles. The highest BCUT2D eigenvalue weighted by molar-refractivity contribution is 5.83. The fourth-order valence-electron chi connectivity index (χ4n) is 4.47. The van der Waals surface area contributed by atoms with Crippen LogP contribution in [0.1, 0.15) is 37.7 Å². The molecule has 3 rings (SSSR count). The second-order valence-electron chi connectivity index (χ2n) is 7.56. The van der Waals surface area contributed by atoms with Gasteiger partial charge >= 0.3 is 6.18 Å². The number of amides is 1. The second kappa shape index (κ2) is 7.57. The van der Waals surface area contributed by atoms with Crippen LogP contribution in [0.4, 0.5) is 24.5 Å². The summed E-state index contributed by atoms with van der Waals surface area (Å²) in [4.78, 5) is 25.7. The number of anilines is 1. The molecule has 28 heavy (non-hydrogen) atoms. The summed E-state index contributed by atoms with van der Waals surface area (Å²) < 4.78 is 38.7. The van der Waals surface area contributed by atoms with Crippen molar-refractivity contribution in [1.82, 2.24) is 0 Å². The van der Waals surface area contributed by atoms with Gasteiger partial charge in [0.15, 0.2) is 5.54 Å². The van der Waals surface area contributed by atoms with Gasteiger partial charge in [-0.2, -0.15) is 13.2 Å². The predicted octanol–water partition coefficient (Wildman–Crippen LogP) is 1.51. The maximum absolute atomic E-state index is 12.9. The number of alkyl halides is 3. The first-order valence-electron chi connectivity index (χ1n) is 9.41. The van der Waals surface area contributed by atoms with E-state index in [-0.39, 0.29) is 11.6 Å². The summed E-state index contributed by atoms with van der Waals surface area (Å²) >= 11 is 0. The van der Waals surface area contributed by atoms with Crippen LogP contribution in [0.5, 0.6) is 0 Å². The van der Waals surface area contributed by atoms with E-state index in [1.54, 1.807) is 4.90 Å². The number of nitrogens with one attached hydrogen (secondary N) is 1. The second-order valence-corrected chi connectivity index (χ2v) is 7.56. The van der Waals surface area contributed by atoms with E-state index in [9.17, 15) is 28.1 Å². The van der Waals surface area contributed by atoms with Crippen LogP contribution in [-0.4, -0.2) is 42.5 Å². The van der Waals surface area contributed by atoms with Gasteiger partial charge in [0.2, 0.25) is 0 Å². The number of carbonyl (C=O) groups excluding carboxylic acids is 1. The summed E-state index contributed by atoms with van der Waals surface area (Å²) in [6.07, 6.45) is -0.616. The van der Waals surface area contributed by atoms with Crippen molar-refractivity contribution in [1.29, 1.82) is 0 Å². The van der Waals surface area contributed by atoms with Crippen molar-refractivity contribution in [2.75, 3.05) is 31.1 Å². The molecule has 0 atom stereocenters. The van der Waals surface area contributed by atoms with Crippen LogP contribution in [0.15, 0.2) is 18.2 Å². The van der Waals surface area contributed by atoms with Crippen LogP contribution >= 0.6 is 0 Å². The molecule has 2 fully saturated rings. The molecule has 2 heterocycles. The zero-order valence-electron chi connectivity index (χ0n) is 15.4. The van der Waals surface area contributed by atoms with Crippen LogP contribution in [0.2, 0.25) is 0 Å². The van der Waals surface area contributed by atoms with E-state index in [0.29, 0.717) is 32.0 Å². The smallest absolute Gasteiger partial charge is 0.365 e. The molecule has 0 aromatic heterocycles. The van der Waals surface area contributed by atoms with Crippen LogP contribution in [0, 0.1) is 10.1 Å². The molecule has 0 radical (unpaired) electrons. The Morgan fingerprint density at radius 1 is 1.18 bits per heavy atom. The lowest BCUT2D eigenvalue weighted by Gasteiger charge is -2.45. The Morgan fingerprint density at radius 3 is 2.29 bits per heavy atom. The number of quaternary nitrogens is 1. The third-order valence-corrected chi connectivity index (χ3v) is 6.06. The van der Waals surface area contributed by atoms with E-state index in [1.807, 2.05) is 0 Å². The molecule has 0 bridgehead atoms. The Kier molecular flexibility index (Phi) is 5.51. The Hall–Kier alpha value is -2.36. The lowest BCUT2D eigenvalue weighted by atomic mass is 9.83. The number of piperidine rings is 2. The summed E-state index contributed by atoms with van der Waals surface area (Å²) in [5, 5.41) is 11.4. The SMILES string of the molecule is NC(=O)C1([NH+]2CCCCC2)CCN(c2ccc(C(F)(F)F)cc2[N+](=O)[O-])CC1. The Labute approximate surface area is 160 Å². The normalized spacial score (nSPS) is 20.8. The van der Waals surface area contributed by atoms with Gasteiger partial charge in [0.25, 0.3) is 11.6 Å². The maximum Gasteiger partial charge on any atom is 0.416 e. The van der Waals surface area contributed by atoms with Crippen molar-refractivity contribution in [2.24, 2.45) is 5.73 Å². The minimum atomic E-state index is -4.65. The van der Waals surface area contributed by atoms with Crippen LogP contribution in [0.3, 0.4) is 0 Å². The number of halogens is 3. The van der Waals surface area contributed by atoms with Crippen LogP contribution in [0.25, 0.3) is 0 Å². The van der Waals surface area contributed by atoms with Crippen molar-refractivity contribution in [3.8, 4) is 0 Å². The number of rotatable bonds is 4. The molecule has 1 aromatic rings. The molecule has 154 valence electrons. The van der Waals surface area contributed by atoms with Gasteiger partial charge in [0.05, 0.1) is 23.6 Å². The Bertz CT molecular complexity index is 755. The number of nitrogens with two attached hydrogens (primary N) is 1. The summed E-state index contributed by atoms with van der Waals surface area (Å²) in [5.41, 5.74) is 3.56. The van der Waals surface area contributed by atoms with E-state index < -0.39 is 27.9 Å². The van der Waals surface area contributed by atoms with Crippen molar-refractivity contribution < 1.29 is 27.8 Å². The summed E-state index contributed by atoms with van der Waals surface area (Å²) in [7, 11) is 0. The number of nitro benzene ring substituents is 1. The van der Waals surface area contributed by atoms with Crippen LogP contribution < -0.4 is 15.5 Å². The standard InChI is InChI=1S/C18H23F3N4O3/c19-18(20,21)13-4-5-14(15(12-13)25(27)28)23-10-6-17(7-11-23,16(22)26)24-8-2-1-3-9-24/h4-5,12H,1-3,6-11H2,(H2,22,26)/p+1. The molecule has 0 aliphatic carbocycles. The minimum absolute atomic E-state index is 0.143. The Balaban J connectivity index is 1.84. The van der Waals surface area contributed by atoms with Gasteiger partial charge in [-0.1, -0.05) is 0 Å². The fraction of sp³-hybridized carbons (Fsp3) is 0.611. The van der Waals surface area contributed by atoms with E-state index in [2.05, 4.69) is 0 Å². The van der Waals surface area contributed by atoms with E-state index >= 15 is 0 Å². The number of hydrogen-bond donors (Lipinski definition) is 2. The average Bonchev–Trinajstić information content (AvgIpc) is 2.67. The minimum Gasteiger partial charge on any atom is -0.365 e. The highest BCUT2D eigenvalue weighted by Gasteiger charge is 2.49. The number of benzene rings is 1. The first-order valence-corrected chi connectivity index (χ1v) is 9.41. The quantitative estimate of drug-likeness (QED) is 0.591. The fourth-order valence-corrected chi connectivity index (χ4v) is 4.47. The number of nitro groups is 1. The van der Waals surface area contributed by atoms with Gasteiger partial charge in [-0.05, 0) is 31.4 Å². The van der Waals surface area contributed by atoms with E-state index in [0.717, 1.165) is 49.4 Å². The van der Waals surface area contributed by atoms with E-state index in [1.165, 1.54) is 0 Å². The lowest BCUT2D eigenvalue weighted by molar-refractivity contribution is -0.947. The molecule has 0 unspecified atom stereocenters. The van der Waals surface area contributed by atoms with Gasteiger partial charge in [0, 0.05) is 32.0 Å². The third-order valence-electron chi connectivity index (χ3n) is 6.06. The maximum atomic E-state index is 12.9. The van der Waals surface area contributed by atoms with Gasteiger partial charge in [0.1, 0.15) is 5.69 Å². The van der Waals surface area contributed by atoms with Gasteiger partial charge in [-0.3, -0.25) is 14.9 Å². The monoisotopic (exact) mass is 401 g/mol. The third kappa shape index (κ3) is 3.78. The highest BCUT2D eigenvalue weighted by Crippen LogP contribution is 2.38. The highest BCUT2D eigenvalue weighted by atomic mass is 19.4. The molecule has 2 aliphatic rings. The number of likely N-dealkylation sites (tertiary alicyclic amines) is 1. The molecule has 2 saturated heterocycles. The number of carbonyl (C=O) groups is 1. The van der Waals surface area contributed by atoms with E-state index in [4.69, 9.17) is 5.73 Å². The molecule has 0 saturated carbocycles.